The molecule has 0 bridgehead atoms. The highest BCUT2D eigenvalue weighted by Crippen LogP contribution is 2.32. The number of aromatic carboxylic acids is 1. The first-order chi connectivity index (χ1) is 14.8. The second kappa shape index (κ2) is 7.48. The third-order valence-corrected chi connectivity index (χ3v) is 4.93. The molecular formula is C19H16N6O6. The molecule has 1 aromatic carbocycles. The van der Waals surface area contributed by atoms with Crippen molar-refractivity contribution in [2.75, 3.05) is 7.11 Å². The largest absolute Gasteiger partial charge is 0.477 e. The summed E-state index contributed by atoms with van der Waals surface area (Å²) in [5, 5.41) is 16.0. The summed E-state index contributed by atoms with van der Waals surface area (Å²) < 4.78 is 5.55. The number of rotatable bonds is 5. The number of aromatic nitrogens is 4. The van der Waals surface area contributed by atoms with E-state index in [1.54, 1.807) is 18.2 Å². The Hall–Kier alpha value is -4.35. The van der Waals surface area contributed by atoms with E-state index in [0.29, 0.717) is 18.4 Å². The Morgan fingerprint density at radius 2 is 2.00 bits per heavy atom. The number of ether oxygens (including phenoxy) is 1. The second-order valence-electron chi connectivity index (χ2n) is 6.81. The van der Waals surface area contributed by atoms with Crippen LogP contribution in [0.5, 0.6) is 0 Å². The molecule has 1 aliphatic rings. The predicted octanol–water partition coefficient (Wildman–Crippen LogP) is 0.125. The van der Waals surface area contributed by atoms with E-state index >= 15 is 0 Å². The van der Waals surface area contributed by atoms with Crippen LogP contribution in [0.2, 0.25) is 0 Å². The number of hydrogen-bond donors (Lipinski definition) is 3. The lowest BCUT2D eigenvalue weighted by atomic mass is 10.0. The molecule has 1 atom stereocenters. The van der Waals surface area contributed by atoms with Crippen molar-refractivity contribution >= 4 is 29.5 Å². The van der Waals surface area contributed by atoms with Gasteiger partial charge in [0.05, 0.1) is 18.7 Å². The minimum atomic E-state index is -1.39. The molecule has 0 saturated heterocycles. The van der Waals surface area contributed by atoms with Crippen LogP contribution in [0.25, 0.3) is 5.78 Å². The molecule has 12 nitrogen and oxygen atoms in total. The fourth-order valence-electron chi connectivity index (χ4n) is 3.49. The number of methoxy groups -OCH3 is 1. The number of carboxylic acid groups (broad SMARTS) is 1. The number of amides is 2. The van der Waals surface area contributed by atoms with E-state index < -0.39 is 35.3 Å². The highest BCUT2D eigenvalue weighted by molar-refractivity contribution is 5.96. The summed E-state index contributed by atoms with van der Waals surface area (Å²) in [5.74, 6) is -4.07. The van der Waals surface area contributed by atoms with Crippen LogP contribution in [0.1, 0.15) is 65.5 Å². The normalized spacial score (nSPS) is 14.8. The van der Waals surface area contributed by atoms with Gasteiger partial charge in [-0.15, -0.1) is 5.10 Å². The molecule has 0 saturated carbocycles. The van der Waals surface area contributed by atoms with Crippen LogP contribution in [0.15, 0.2) is 24.3 Å². The van der Waals surface area contributed by atoms with E-state index in [2.05, 4.69) is 20.4 Å². The molecule has 158 valence electrons. The first-order valence-corrected chi connectivity index (χ1v) is 9.11. The summed E-state index contributed by atoms with van der Waals surface area (Å²) in [6, 6.07) is 5.78. The average Bonchev–Trinajstić information content (AvgIpc) is 3.36. The summed E-state index contributed by atoms with van der Waals surface area (Å²) in [4.78, 5) is 55.2. The van der Waals surface area contributed by atoms with Gasteiger partial charge in [-0.3, -0.25) is 9.59 Å². The molecule has 1 aliphatic carbocycles. The molecule has 4 rings (SSSR count). The van der Waals surface area contributed by atoms with E-state index in [9.17, 15) is 24.3 Å². The van der Waals surface area contributed by atoms with Crippen LogP contribution in [-0.2, 0) is 11.2 Å². The molecule has 2 amide bonds. The molecule has 4 N–H and O–H groups in total. The van der Waals surface area contributed by atoms with Crippen LogP contribution in [0, 0.1) is 0 Å². The first-order valence-electron chi connectivity index (χ1n) is 9.11. The molecule has 0 spiro atoms. The standard InChI is InChI=1S/C19H16N6O6/c1-31-18(30)9-2-4-10-8(6-9)3-5-11(10)21-16(27)12-7-13(17(28)29)25-19(22-12)23-15(24-25)14(20)26/h2,4,6-7,11H,3,5H2,1H3,(H2,20,26)(H,21,27)(H,28,29)/t11-/m0/s1. The van der Waals surface area contributed by atoms with Crippen molar-refractivity contribution in [2.45, 2.75) is 18.9 Å². The fourth-order valence-corrected chi connectivity index (χ4v) is 3.49. The number of benzene rings is 1. The number of carboxylic acids is 1. The van der Waals surface area contributed by atoms with E-state index in [1.165, 1.54) is 7.11 Å². The summed E-state index contributed by atoms with van der Waals surface area (Å²) in [5.41, 5.74) is 6.71. The molecule has 0 unspecified atom stereocenters. The van der Waals surface area contributed by atoms with Crippen molar-refractivity contribution in [1.82, 2.24) is 24.9 Å². The van der Waals surface area contributed by atoms with Gasteiger partial charge in [0, 0.05) is 6.07 Å². The van der Waals surface area contributed by atoms with E-state index in [4.69, 9.17) is 10.5 Å². The maximum Gasteiger partial charge on any atom is 0.354 e. The van der Waals surface area contributed by atoms with Crippen LogP contribution >= 0.6 is 0 Å². The Morgan fingerprint density at radius 3 is 2.68 bits per heavy atom. The minimum Gasteiger partial charge on any atom is -0.477 e. The summed E-state index contributed by atoms with van der Waals surface area (Å²) in [6.07, 6.45) is 1.24. The van der Waals surface area contributed by atoms with Crippen molar-refractivity contribution in [3.8, 4) is 0 Å². The maximum atomic E-state index is 12.8. The topological polar surface area (TPSA) is 179 Å². The van der Waals surface area contributed by atoms with Gasteiger partial charge in [0.15, 0.2) is 5.69 Å². The number of nitrogens with one attached hydrogen (secondary N) is 1. The van der Waals surface area contributed by atoms with Gasteiger partial charge in [-0.05, 0) is 36.1 Å². The lowest BCUT2D eigenvalue weighted by Gasteiger charge is -2.14. The number of primary amides is 1. The van der Waals surface area contributed by atoms with Crippen LogP contribution in [0.3, 0.4) is 0 Å². The SMILES string of the molecule is COC(=O)c1ccc2c(c1)CC[C@@H]2NC(=O)c1cc(C(=O)O)n2nc(C(N)=O)nc2n1. The van der Waals surface area contributed by atoms with Crippen molar-refractivity contribution in [2.24, 2.45) is 5.73 Å². The highest BCUT2D eigenvalue weighted by atomic mass is 16.5. The average molecular weight is 424 g/mol. The zero-order valence-corrected chi connectivity index (χ0v) is 16.2. The Balaban J connectivity index is 1.63. The van der Waals surface area contributed by atoms with Crippen molar-refractivity contribution in [3.05, 3.63) is 58.2 Å². The number of aryl methyl sites for hydroxylation is 1. The molecule has 12 heteroatoms. The summed E-state index contributed by atoms with van der Waals surface area (Å²) in [6.45, 7) is 0. The molecule has 0 radical (unpaired) electrons. The molecule has 0 fully saturated rings. The molecule has 0 aliphatic heterocycles. The number of nitrogens with two attached hydrogens (primary N) is 1. The molecule has 31 heavy (non-hydrogen) atoms. The third kappa shape index (κ3) is 3.54. The van der Waals surface area contributed by atoms with Gasteiger partial charge in [0.2, 0.25) is 5.82 Å². The molecular weight excluding hydrogens is 408 g/mol. The number of carbonyl (C=O) groups is 4. The van der Waals surface area contributed by atoms with E-state index in [1.807, 2.05) is 0 Å². The first kappa shape index (κ1) is 19.9. The van der Waals surface area contributed by atoms with E-state index in [0.717, 1.165) is 21.7 Å². The maximum absolute atomic E-state index is 12.8. The van der Waals surface area contributed by atoms with Gasteiger partial charge in [0.1, 0.15) is 5.69 Å². The minimum absolute atomic E-state index is 0.201. The predicted molar refractivity (Wildman–Crippen MR) is 103 cm³/mol. The smallest absolute Gasteiger partial charge is 0.354 e. The lowest BCUT2D eigenvalue weighted by molar-refractivity contribution is 0.0599. The van der Waals surface area contributed by atoms with Crippen LogP contribution < -0.4 is 11.1 Å². The van der Waals surface area contributed by atoms with Crippen molar-refractivity contribution in [3.63, 3.8) is 0 Å². The number of fused-ring (bicyclic) bond motifs is 2. The molecule has 3 aromatic rings. The van der Waals surface area contributed by atoms with Crippen molar-refractivity contribution < 1.29 is 29.0 Å². The monoisotopic (exact) mass is 424 g/mol. The number of carbonyl (C=O) groups excluding carboxylic acids is 3. The number of esters is 1. The molecule has 2 aromatic heterocycles. The Morgan fingerprint density at radius 1 is 1.23 bits per heavy atom. The summed E-state index contributed by atoms with van der Waals surface area (Å²) in [7, 11) is 1.30. The quantitative estimate of drug-likeness (QED) is 0.480. The van der Waals surface area contributed by atoms with Crippen LogP contribution in [-0.4, -0.2) is 55.6 Å². The third-order valence-electron chi connectivity index (χ3n) is 4.93. The molecule has 2 heterocycles. The van der Waals surface area contributed by atoms with Gasteiger partial charge in [-0.2, -0.15) is 9.50 Å². The van der Waals surface area contributed by atoms with Gasteiger partial charge in [-0.25, -0.2) is 14.6 Å². The van der Waals surface area contributed by atoms with Gasteiger partial charge < -0.3 is 20.9 Å². The number of hydrogen-bond acceptors (Lipinski definition) is 8. The zero-order chi connectivity index (χ0) is 22.3. The summed E-state index contributed by atoms with van der Waals surface area (Å²) >= 11 is 0. The van der Waals surface area contributed by atoms with Gasteiger partial charge in [-0.1, -0.05) is 6.07 Å². The Kier molecular flexibility index (Phi) is 4.81. The Bertz CT molecular complexity index is 1270. The Labute approximate surface area is 174 Å². The van der Waals surface area contributed by atoms with Gasteiger partial charge >= 0.3 is 11.9 Å². The fraction of sp³-hybridized carbons (Fsp3) is 0.211. The number of nitrogens with zero attached hydrogens (tertiary/aromatic N) is 4. The van der Waals surface area contributed by atoms with Crippen LogP contribution in [0.4, 0.5) is 0 Å². The second-order valence-corrected chi connectivity index (χ2v) is 6.81. The lowest BCUT2D eigenvalue weighted by Crippen LogP contribution is -2.28. The highest BCUT2D eigenvalue weighted by Gasteiger charge is 2.27. The zero-order valence-electron chi connectivity index (χ0n) is 16.2. The van der Waals surface area contributed by atoms with Gasteiger partial charge in [0.25, 0.3) is 17.6 Å². The van der Waals surface area contributed by atoms with E-state index in [-0.39, 0.29) is 17.5 Å². The van der Waals surface area contributed by atoms with Crippen molar-refractivity contribution in [1.29, 1.82) is 0 Å².